The standard InChI is InChI=1S/C2H3NS2/c1-2(4)3-5/h1H3. The molecule has 0 heterocycles. The molecule has 0 aliphatic heterocycles. The Hall–Kier alpha value is 0.110. The van der Waals surface area contributed by atoms with E-state index in [0.29, 0.717) is 4.99 Å². The second kappa shape index (κ2) is 2.35. The Morgan fingerprint density at radius 2 is 2.00 bits per heavy atom. The second-order valence-electron chi connectivity index (χ2n) is 0.610. The average Bonchev–Trinajstić information content (AvgIpc) is 1.38. The fourth-order valence-corrected chi connectivity index (χ4v) is 0. The zero-order valence-electron chi connectivity index (χ0n) is 2.76. The molecular weight excluding hydrogens is 102 g/mol. The Morgan fingerprint density at radius 3 is 2.00 bits per heavy atom. The fraction of sp³-hybridized carbons (Fsp3) is 0.500. The van der Waals surface area contributed by atoms with Crippen LogP contribution in [0.25, 0.3) is 0 Å². The maximum Gasteiger partial charge on any atom is 0.114 e. The molecule has 0 aromatic heterocycles. The molecule has 0 saturated heterocycles. The summed E-state index contributed by atoms with van der Waals surface area (Å²) in [5.74, 6) is 0. The summed E-state index contributed by atoms with van der Waals surface area (Å²) in [6.45, 7) is 1.68. The van der Waals surface area contributed by atoms with Gasteiger partial charge in [0, 0.05) is 12.4 Å². The van der Waals surface area contributed by atoms with Crippen molar-refractivity contribution in [2.24, 2.45) is 4.36 Å². The van der Waals surface area contributed by atoms with Crippen LogP contribution in [-0.4, -0.2) is 4.99 Å². The second-order valence-corrected chi connectivity index (χ2v) is 1.38. The Bertz CT molecular complexity index is 58.7. The minimum absolute atomic E-state index is 0.528. The van der Waals surface area contributed by atoms with Crippen molar-refractivity contribution >= 4 is 29.6 Å². The molecule has 5 heavy (non-hydrogen) atoms. The van der Waals surface area contributed by atoms with Gasteiger partial charge in [0.2, 0.25) is 0 Å². The first-order chi connectivity index (χ1) is 2.27. The van der Waals surface area contributed by atoms with Gasteiger partial charge in [-0.2, -0.15) is 4.36 Å². The molecule has 0 bridgehead atoms. The molecule has 1 nitrogen and oxygen atoms in total. The van der Waals surface area contributed by atoms with Crippen LogP contribution in [0.4, 0.5) is 0 Å². The molecule has 28 valence electrons. The highest BCUT2D eigenvalue weighted by Crippen LogP contribution is 1.69. The van der Waals surface area contributed by atoms with Gasteiger partial charge in [-0.05, 0) is 6.92 Å². The first kappa shape index (κ1) is 5.11. The number of hydrogen-bond donors (Lipinski definition) is 0. The molecule has 0 radical (unpaired) electrons. The van der Waals surface area contributed by atoms with Crippen LogP contribution in [0.2, 0.25) is 0 Å². The summed E-state index contributed by atoms with van der Waals surface area (Å²) in [7, 11) is 0. The summed E-state index contributed by atoms with van der Waals surface area (Å²) >= 11 is 8.59. The number of nitrogens with zero attached hydrogens (tertiary/aromatic N) is 1. The van der Waals surface area contributed by atoms with Crippen molar-refractivity contribution in [1.29, 1.82) is 0 Å². The van der Waals surface area contributed by atoms with Gasteiger partial charge >= 0.3 is 0 Å². The topological polar surface area (TPSA) is 12.4 Å². The van der Waals surface area contributed by atoms with E-state index in [9.17, 15) is 0 Å². The monoisotopic (exact) mass is 105 g/mol. The molecule has 0 unspecified atom stereocenters. The smallest absolute Gasteiger partial charge is 0.114 e. The highest BCUT2D eigenvalue weighted by Gasteiger charge is 1.66. The molecule has 0 fully saturated rings. The lowest BCUT2D eigenvalue weighted by Gasteiger charge is -1.65. The third kappa shape index (κ3) is 4.11. The largest absolute Gasteiger partial charge is 0.175 e. The number of rotatable bonds is 0. The van der Waals surface area contributed by atoms with E-state index in [0.717, 1.165) is 0 Å². The number of hydrogen-bond acceptors (Lipinski definition) is 2. The Morgan fingerprint density at radius 1 is 1.80 bits per heavy atom. The zero-order valence-corrected chi connectivity index (χ0v) is 4.40. The Kier molecular flexibility index (Phi) is 2.41. The summed E-state index contributed by atoms with van der Waals surface area (Å²) in [6.07, 6.45) is 0. The van der Waals surface area contributed by atoms with Gasteiger partial charge in [0.15, 0.2) is 0 Å². The lowest BCUT2D eigenvalue weighted by Crippen LogP contribution is -1.68. The third-order valence-electron chi connectivity index (χ3n) is 0.129. The van der Waals surface area contributed by atoms with Crippen LogP contribution in [-0.2, 0) is 12.4 Å². The fourth-order valence-electron chi connectivity index (χ4n) is 0. The third-order valence-corrected chi connectivity index (χ3v) is 0.609. The van der Waals surface area contributed by atoms with E-state index in [2.05, 4.69) is 29.0 Å². The first-order valence-electron chi connectivity index (χ1n) is 1.11. The summed E-state index contributed by atoms with van der Waals surface area (Å²) in [5, 5.41) is 0. The van der Waals surface area contributed by atoms with Crippen LogP contribution >= 0.6 is 12.2 Å². The van der Waals surface area contributed by atoms with Gasteiger partial charge in [0.1, 0.15) is 4.99 Å². The number of thiocarbonyl (C=S) groups is 1. The van der Waals surface area contributed by atoms with Crippen LogP contribution in [0.5, 0.6) is 0 Å². The molecule has 0 atom stereocenters. The van der Waals surface area contributed by atoms with Crippen LogP contribution < -0.4 is 0 Å². The van der Waals surface area contributed by atoms with E-state index >= 15 is 0 Å². The van der Waals surface area contributed by atoms with Crippen LogP contribution in [0.1, 0.15) is 6.92 Å². The first-order valence-corrected chi connectivity index (χ1v) is 1.88. The molecule has 0 saturated carbocycles. The van der Waals surface area contributed by atoms with Crippen LogP contribution in [0.3, 0.4) is 0 Å². The van der Waals surface area contributed by atoms with E-state index in [-0.39, 0.29) is 0 Å². The summed E-state index contributed by atoms with van der Waals surface area (Å²) in [6, 6.07) is 0. The van der Waals surface area contributed by atoms with Gasteiger partial charge in [-0.25, -0.2) is 0 Å². The predicted molar refractivity (Wildman–Crippen MR) is 28.1 cm³/mol. The molecule has 0 aromatic carbocycles. The van der Waals surface area contributed by atoms with E-state index in [4.69, 9.17) is 0 Å². The van der Waals surface area contributed by atoms with E-state index in [1.807, 2.05) is 0 Å². The van der Waals surface area contributed by atoms with Crippen molar-refractivity contribution in [1.82, 2.24) is 0 Å². The van der Waals surface area contributed by atoms with E-state index < -0.39 is 0 Å². The molecule has 0 amide bonds. The maximum atomic E-state index is 4.43. The average molecular weight is 105 g/mol. The normalized spacial score (nSPS) is 6.60. The van der Waals surface area contributed by atoms with Gasteiger partial charge in [-0.3, -0.25) is 0 Å². The minimum Gasteiger partial charge on any atom is -0.175 e. The molecule has 0 rings (SSSR count). The molecule has 0 aromatic rings. The lowest BCUT2D eigenvalue weighted by atomic mass is 10.8. The maximum absolute atomic E-state index is 4.43. The van der Waals surface area contributed by atoms with Gasteiger partial charge in [0.25, 0.3) is 0 Å². The van der Waals surface area contributed by atoms with Crippen molar-refractivity contribution in [3.8, 4) is 0 Å². The van der Waals surface area contributed by atoms with Crippen molar-refractivity contribution in [2.45, 2.75) is 6.92 Å². The zero-order chi connectivity index (χ0) is 4.28. The molecule has 0 aliphatic carbocycles. The van der Waals surface area contributed by atoms with E-state index in [1.165, 1.54) is 0 Å². The molecular formula is C2H3NS2. The summed E-state index contributed by atoms with van der Waals surface area (Å²) in [4.78, 5) is 0.528. The predicted octanol–water partition coefficient (Wildman–Crippen LogP) is 1.06. The lowest BCUT2D eigenvalue weighted by molar-refractivity contribution is 1.78. The van der Waals surface area contributed by atoms with Crippen LogP contribution in [0, 0.1) is 0 Å². The van der Waals surface area contributed by atoms with Crippen molar-refractivity contribution in [3.05, 3.63) is 0 Å². The van der Waals surface area contributed by atoms with Gasteiger partial charge < -0.3 is 0 Å². The molecule has 0 aliphatic rings. The summed E-state index contributed by atoms with van der Waals surface area (Å²) in [5.41, 5.74) is 0. The SMILES string of the molecule is CC(=S)N=S. The van der Waals surface area contributed by atoms with Gasteiger partial charge in [0.05, 0.1) is 0 Å². The van der Waals surface area contributed by atoms with E-state index in [1.54, 1.807) is 6.92 Å². The highest BCUT2D eigenvalue weighted by atomic mass is 32.1. The quantitative estimate of drug-likeness (QED) is 0.427. The van der Waals surface area contributed by atoms with Crippen molar-refractivity contribution in [3.63, 3.8) is 0 Å². The highest BCUT2D eigenvalue weighted by molar-refractivity contribution is 7.80. The Balaban J connectivity index is 3.20. The molecule has 0 N–H and O–H groups in total. The van der Waals surface area contributed by atoms with Crippen LogP contribution in [0.15, 0.2) is 4.36 Å². The van der Waals surface area contributed by atoms with Gasteiger partial charge in [-0.15, -0.1) is 0 Å². The summed E-state index contributed by atoms with van der Waals surface area (Å²) < 4.78 is 3.20. The van der Waals surface area contributed by atoms with Crippen molar-refractivity contribution < 1.29 is 0 Å². The van der Waals surface area contributed by atoms with Crippen molar-refractivity contribution in [2.75, 3.05) is 0 Å². The molecule has 0 spiro atoms. The Labute approximate surface area is 41.6 Å². The van der Waals surface area contributed by atoms with Gasteiger partial charge in [-0.1, -0.05) is 12.2 Å². The minimum atomic E-state index is 0.528. The molecule has 3 heteroatoms.